The Labute approximate surface area is 163 Å². The lowest BCUT2D eigenvalue weighted by molar-refractivity contribution is 0.346. The molecule has 2 aromatic rings. The monoisotopic (exact) mass is 430 g/mol. The van der Waals surface area contributed by atoms with E-state index in [1.165, 1.54) is 28.6 Å². The minimum atomic E-state index is -4.12. The van der Waals surface area contributed by atoms with Crippen molar-refractivity contribution in [1.29, 1.82) is 0 Å². The Morgan fingerprint density at radius 3 is 1.96 bits per heavy atom. The average molecular weight is 430 g/mol. The Bertz CT molecular complexity index is 1030. The summed E-state index contributed by atoms with van der Waals surface area (Å²) in [6.45, 7) is 0.840. The van der Waals surface area contributed by atoms with Crippen LogP contribution in [0.15, 0.2) is 52.3 Å². The van der Waals surface area contributed by atoms with E-state index in [4.69, 9.17) is 0 Å². The molecular formula is C18H20F2N2O4S2. The van der Waals surface area contributed by atoms with Gasteiger partial charge in [-0.15, -0.1) is 0 Å². The molecule has 6 nitrogen and oxygen atoms in total. The van der Waals surface area contributed by atoms with Crippen LogP contribution < -0.4 is 4.72 Å². The quantitative estimate of drug-likeness (QED) is 0.764. The summed E-state index contributed by atoms with van der Waals surface area (Å²) in [6, 6.07) is 7.89. The lowest BCUT2D eigenvalue weighted by Gasteiger charge is -2.25. The van der Waals surface area contributed by atoms with Gasteiger partial charge in [-0.05, 0) is 42.7 Å². The van der Waals surface area contributed by atoms with Crippen molar-refractivity contribution >= 4 is 20.0 Å². The molecule has 0 aliphatic carbocycles. The second-order valence-corrected chi connectivity index (χ2v) is 10.2. The highest BCUT2D eigenvalue weighted by molar-refractivity contribution is 7.89. The number of halogens is 2. The average Bonchev–Trinajstić information content (AvgIpc) is 2.67. The molecule has 10 heteroatoms. The van der Waals surface area contributed by atoms with Crippen molar-refractivity contribution in [3.8, 4) is 0 Å². The van der Waals surface area contributed by atoms with Gasteiger partial charge in [0, 0.05) is 25.7 Å². The van der Waals surface area contributed by atoms with Crippen LogP contribution in [0.2, 0.25) is 0 Å². The molecule has 0 bridgehead atoms. The molecule has 1 heterocycles. The Morgan fingerprint density at radius 2 is 1.39 bits per heavy atom. The Hall–Kier alpha value is -1.88. The number of rotatable bonds is 6. The van der Waals surface area contributed by atoms with Crippen LogP contribution >= 0.6 is 0 Å². The first-order chi connectivity index (χ1) is 13.2. The van der Waals surface area contributed by atoms with Crippen LogP contribution in [0.1, 0.15) is 24.8 Å². The molecule has 0 unspecified atom stereocenters. The first-order valence-corrected chi connectivity index (χ1v) is 11.7. The third-order valence-electron chi connectivity index (χ3n) is 4.49. The highest BCUT2D eigenvalue weighted by atomic mass is 32.2. The van der Waals surface area contributed by atoms with Gasteiger partial charge in [-0.1, -0.05) is 18.6 Å². The highest BCUT2D eigenvalue weighted by Gasteiger charge is 2.25. The summed E-state index contributed by atoms with van der Waals surface area (Å²) in [5.74, 6) is -1.99. The van der Waals surface area contributed by atoms with Crippen LogP contribution in [0.5, 0.6) is 0 Å². The fraction of sp³-hybridized carbons (Fsp3) is 0.333. The molecular weight excluding hydrogens is 410 g/mol. The number of nitrogens with one attached hydrogen (secondary N) is 1. The normalized spacial score (nSPS) is 16.2. The topological polar surface area (TPSA) is 83.5 Å². The summed E-state index contributed by atoms with van der Waals surface area (Å²) >= 11 is 0. The fourth-order valence-corrected chi connectivity index (χ4v) is 5.55. The van der Waals surface area contributed by atoms with Crippen molar-refractivity contribution in [1.82, 2.24) is 9.03 Å². The van der Waals surface area contributed by atoms with Crippen LogP contribution in [0.25, 0.3) is 0 Å². The number of sulfonamides is 2. The number of hydrogen-bond donors (Lipinski definition) is 1. The van der Waals surface area contributed by atoms with Gasteiger partial charge in [0.05, 0.1) is 9.79 Å². The molecule has 0 saturated carbocycles. The maximum atomic E-state index is 13.2. The zero-order valence-electron chi connectivity index (χ0n) is 14.9. The first kappa shape index (κ1) is 20.8. The molecule has 1 N–H and O–H groups in total. The number of piperidine rings is 1. The van der Waals surface area contributed by atoms with Crippen molar-refractivity contribution in [2.24, 2.45) is 0 Å². The minimum Gasteiger partial charge on any atom is -0.207 e. The molecule has 1 aliphatic rings. The predicted octanol–water partition coefficient (Wildman–Crippen LogP) is 2.62. The molecule has 0 radical (unpaired) electrons. The molecule has 1 saturated heterocycles. The second kappa shape index (κ2) is 8.24. The third kappa shape index (κ3) is 4.75. The number of benzene rings is 2. The Balaban J connectivity index is 1.70. The SMILES string of the molecule is O=S(=O)(NCc1ccc(S(=O)(=O)N2CCCCC2)cc1)c1cc(F)cc(F)c1. The smallest absolute Gasteiger partial charge is 0.207 e. The van der Waals surface area contributed by atoms with Crippen LogP contribution in [0, 0.1) is 11.6 Å². The largest absolute Gasteiger partial charge is 0.243 e. The van der Waals surface area contributed by atoms with E-state index >= 15 is 0 Å². The zero-order valence-corrected chi connectivity index (χ0v) is 16.6. The minimum absolute atomic E-state index is 0.146. The summed E-state index contributed by atoms with van der Waals surface area (Å²) in [4.78, 5) is -0.373. The van der Waals surface area contributed by atoms with E-state index in [-0.39, 0.29) is 11.4 Å². The summed E-state index contributed by atoms with van der Waals surface area (Å²) in [7, 11) is -7.68. The molecule has 3 rings (SSSR count). The maximum Gasteiger partial charge on any atom is 0.243 e. The van der Waals surface area contributed by atoms with Crippen LogP contribution in [0.4, 0.5) is 8.78 Å². The van der Waals surface area contributed by atoms with E-state index in [9.17, 15) is 25.6 Å². The standard InChI is InChI=1S/C18H20F2N2O4S2/c19-15-10-16(20)12-18(11-15)27(23,24)21-13-14-4-6-17(7-5-14)28(25,26)22-8-2-1-3-9-22/h4-7,10-12,21H,1-3,8-9,13H2. The van der Waals surface area contributed by atoms with Crippen LogP contribution in [-0.4, -0.2) is 34.2 Å². The van der Waals surface area contributed by atoms with Crippen molar-refractivity contribution < 1.29 is 25.6 Å². The van der Waals surface area contributed by atoms with Gasteiger partial charge >= 0.3 is 0 Å². The maximum absolute atomic E-state index is 13.2. The number of hydrogen-bond acceptors (Lipinski definition) is 4. The van der Waals surface area contributed by atoms with Gasteiger partial charge in [0.1, 0.15) is 11.6 Å². The highest BCUT2D eigenvalue weighted by Crippen LogP contribution is 2.21. The van der Waals surface area contributed by atoms with Gasteiger partial charge in [0.15, 0.2) is 0 Å². The van der Waals surface area contributed by atoms with Gasteiger partial charge in [0.2, 0.25) is 20.0 Å². The summed E-state index contributed by atoms with van der Waals surface area (Å²) < 4.78 is 79.8. The second-order valence-electron chi connectivity index (χ2n) is 6.54. The molecule has 0 spiro atoms. The lowest BCUT2D eigenvalue weighted by Crippen LogP contribution is -2.35. The van der Waals surface area contributed by atoms with E-state index < -0.39 is 36.6 Å². The van der Waals surface area contributed by atoms with Gasteiger partial charge in [-0.25, -0.2) is 30.3 Å². The Morgan fingerprint density at radius 1 is 0.821 bits per heavy atom. The fourth-order valence-electron chi connectivity index (χ4n) is 2.98. The van der Waals surface area contributed by atoms with Gasteiger partial charge < -0.3 is 0 Å². The van der Waals surface area contributed by atoms with Crippen LogP contribution in [0.3, 0.4) is 0 Å². The van der Waals surface area contributed by atoms with Gasteiger partial charge in [-0.2, -0.15) is 4.31 Å². The number of nitrogens with zero attached hydrogens (tertiary/aromatic N) is 1. The third-order valence-corrected chi connectivity index (χ3v) is 7.78. The van der Waals surface area contributed by atoms with E-state index in [2.05, 4.69) is 4.72 Å². The molecule has 0 atom stereocenters. The summed E-state index contributed by atoms with van der Waals surface area (Å²) in [5.41, 5.74) is 0.512. The van der Waals surface area contributed by atoms with Crippen molar-refractivity contribution in [2.75, 3.05) is 13.1 Å². The van der Waals surface area contributed by atoms with Gasteiger partial charge in [0.25, 0.3) is 0 Å². The molecule has 2 aromatic carbocycles. The van der Waals surface area contributed by atoms with Crippen molar-refractivity contribution in [3.05, 3.63) is 59.7 Å². The Kier molecular flexibility index (Phi) is 6.13. The van der Waals surface area contributed by atoms with E-state index in [0.717, 1.165) is 31.4 Å². The molecule has 28 heavy (non-hydrogen) atoms. The van der Waals surface area contributed by atoms with E-state index in [1.807, 2.05) is 0 Å². The summed E-state index contributed by atoms with van der Waals surface area (Å²) in [5, 5.41) is 0. The lowest BCUT2D eigenvalue weighted by atomic mass is 10.2. The summed E-state index contributed by atoms with van der Waals surface area (Å²) in [6.07, 6.45) is 2.68. The van der Waals surface area contributed by atoms with Crippen LogP contribution in [-0.2, 0) is 26.6 Å². The predicted molar refractivity (Wildman–Crippen MR) is 99.4 cm³/mol. The van der Waals surface area contributed by atoms with Crippen molar-refractivity contribution in [3.63, 3.8) is 0 Å². The molecule has 0 aromatic heterocycles. The van der Waals surface area contributed by atoms with E-state index in [1.54, 1.807) is 0 Å². The van der Waals surface area contributed by atoms with Crippen molar-refractivity contribution in [2.45, 2.75) is 35.6 Å². The molecule has 152 valence electrons. The zero-order chi connectivity index (χ0) is 20.4. The molecule has 1 fully saturated rings. The van der Waals surface area contributed by atoms with Gasteiger partial charge in [-0.3, -0.25) is 0 Å². The molecule has 0 amide bonds. The molecule has 1 aliphatic heterocycles. The first-order valence-electron chi connectivity index (χ1n) is 8.73. The van der Waals surface area contributed by atoms with E-state index in [0.29, 0.717) is 24.7 Å².